The summed E-state index contributed by atoms with van der Waals surface area (Å²) in [6.45, 7) is 0.785. The highest BCUT2D eigenvalue weighted by Crippen LogP contribution is 2.28. The fourth-order valence-corrected chi connectivity index (χ4v) is 4.50. The van der Waals surface area contributed by atoms with E-state index in [2.05, 4.69) is 10.6 Å². The average Bonchev–Trinajstić information content (AvgIpc) is 3.17. The van der Waals surface area contributed by atoms with Crippen LogP contribution in [-0.4, -0.2) is 17.6 Å². The molecule has 0 aliphatic heterocycles. The minimum atomic E-state index is 0.0158. The van der Waals surface area contributed by atoms with Gasteiger partial charge in [-0.1, -0.05) is 44.9 Å². The van der Waals surface area contributed by atoms with Crippen LogP contribution >= 0.6 is 12.2 Å². The molecule has 2 aliphatic rings. The first-order chi connectivity index (χ1) is 13.2. The summed E-state index contributed by atoms with van der Waals surface area (Å²) >= 11 is 5.25. The van der Waals surface area contributed by atoms with Crippen LogP contribution in [0.15, 0.2) is 24.3 Å². The van der Waals surface area contributed by atoms with E-state index in [1.165, 1.54) is 44.9 Å². The van der Waals surface area contributed by atoms with Gasteiger partial charge in [0.1, 0.15) is 5.75 Å². The van der Waals surface area contributed by atoms with Crippen molar-refractivity contribution in [1.29, 1.82) is 0 Å². The van der Waals surface area contributed by atoms with Gasteiger partial charge in [0.25, 0.3) is 0 Å². The van der Waals surface area contributed by atoms with Crippen LogP contribution in [0.2, 0.25) is 0 Å². The quantitative estimate of drug-likeness (QED) is 0.612. The van der Waals surface area contributed by atoms with Gasteiger partial charge in [0.05, 0.1) is 6.61 Å². The molecule has 0 saturated heterocycles. The fourth-order valence-electron chi connectivity index (χ4n) is 4.27. The molecule has 5 heteroatoms. The van der Waals surface area contributed by atoms with Crippen LogP contribution in [0, 0.1) is 11.8 Å². The Labute approximate surface area is 168 Å². The second-order valence-corrected chi connectivity index (χ2v) is 8.43. The first-order valence-corrected chi connectivity index (χ1v) is 10.9. The third-order valence-electron chi connectivity index (χ3n) is 5.83. The molecule has 0 atom stereocenters. The van der Waals surface area contributed by atoms with Crippen molar-refractivity contribution in [2.24, 2.45) is 11.8 Å². The minimum Gasteiger partial charge on any atom is -0.494 e. The van der Waals surface area contributed by atoms with E-state index in [0.29, 0.717) is 17.5 Å². The first-order valence-electron chi connectivity index (χ1n) is 10.5. The van der Waals surface area contributed by atoms with E-state index < -0.39 is 0 Å². The van der Waals surface area contributed by atoms with Gasteiger partial charge in [-0.3, -0.25) is 4.79 Å². The van der Waals surface area contributed by atoms with Gasteiger partial charge in [-0.05, 0) is 67.6 Å². The summed E-state index contributed by atoms with van der Waals surface area (Å²) in [5.41, 5.74) is 0.862. The summed E-state index contributed by atoms with van der Waals surface area (Å²) in [5, 5.41) is 6.23. The van der Waals surface area contributed by atoms with E-state index >= 15 is 0 Å². The summed E-state index contributed by atoms with van der Waals surface area (Å²) in [5.74, 6) is 2.26. The molecule has 2 saturated carbocycles. The van der Waals surface area contributed by atoms with E-state index in [1.54, 1.807) is 0 Å². The smallest absolute Gasteiger partial charge is 0.226 e. The molecule has 0 aromatic heterocycles. The summed E-state index contributed by atoms with van der Waals surface area (Å²) in [6, 6.07) is 7.77. The summed E-state index contributed by atoms with van der Waals surface area (Å²) in [7, 11) is 0. The number of anilines is 1. The lowest BCUT2D eigenvalue weighted by molar-refractivity contribution is -0.120. The molecule has 148 valence electrons. The van der Waals surface area contributed by atoms with Gasteiger partial charge < -0.3 is 15.4 Å². The maximum absolute atomic E-state index is 12.0. The Bertz CT molecular complexity index is 605. The third-order valence-corrected chi connectivity index (χ3v) is 6.04. The summed E-state index contributed by atoms with van der Waals surface area (Å²) in [4.78, 5) is 12.0. The molecule has 4 nitrogen and oxygen atoms in total. The van der Waals surface area contributed by atoms with Gasteiger partial charge in [-0.15, -0.1) is 0 Å². The number of benzene rings is 1. The number of amides is 1. The van der Waals surface area contributed by atoms with Crippen molar-refractivity contribution < 1.29 is 9.53 Å². The van der Waals surface area contributed by atoms with Crippen molar-refractivity contribution in [2.75, 3.05) is 11.9 Å². The molecule has 0 heterocycles. The lowest BCUT2D eigenvalue weighted by Crippen LogP contribution is -2.34. The van der Waals surface area contributed by atoms with Gasteiger partial charge in [0, 0.05) is 12.1 Å². The second-order valence-electron chi connectivity index (χ2n) is 8.02. The molecule has 1 amide bonds. The second kappa shape index (κ2) is 10.6. The number of nitrogens with one attached hydrogen (secondary N) is 2. The van der Waals surface area contributed by atoms with Crippen LogP contribution in [0.5, 0.6) is 5.75 Å². The zero-order valence-corrected chi connectivity index (χ0v) is 17.0. The van der Waals surface area contributed by atoms with Crippen LogP contribution in [0.1, 0.15) is 70.6 Å². The summed E-state index contributed by atoms with van der Waals surface area (Å²) in [6.07, 6.45) is 13.4. The number of thiocarbonyl (C=S) groups is 1. The zero-order chi connectivity index (χ0) is 18.9. The Balaban J connectivity index is 1.35. The highest BCUT2D eigenvalue weighted by Gasteiger charge is 2.19. The van der Waals surface area contributed by atoms with E-state index in [9.17, 15) is 4.79 Å². The number of carbonyl (C=O) groups is 1. The fraction of sp³-hybridized carbons (Fsp3) is 0.636. The van der Waals surface area contributed by atoms with Crippen molar-refractivity contribution in [3.05, 3.63) is 24.3 Å². The van der Waals surface area contributed by atoms with E-state index in [4.69, 9.17) is 17.0 Å². The van der Waals surface area contributed by atoms with Crippen molar-refractivity contribution >= 4 is 28.9 Å². The molecular formula is C22H32N2O2S. The Hall–Kier alpha value is -1.62. The molecule has 2 N–H and O–H groups in total. The molecule has 0 radical (unpaired) electrons. The Morgan fingerprint density at radius 2 is 1.59 bits per heavy atom. The predicted molar refractivity (Wildman–Crippen MR) is 114 cm³/mol. The monoisotopic (exact) mass is 388 g/mol. The van der Waals surface area contributed by atoms with Crippen LogP contribution in [-0.2, 0) is 4.79 Å². The SMILES string of the molecule is O=C(CC1CCCC1)NC(=S)Nc1ccc(OCCC2CCCCC2)cc1. The standard InChI is InChI=1S/C22H32N2O2S/c25-21(16-18-8-4-5-9-18)24-22(27)23-19-10-12-20(13-11-19)26-15-14-17-6-2-1-3-7-17/h10-13,17-18H,1-9,14-16H2,(H2,23,24,25,27). The number of carbonyl (C=O) groups excluding carboxylic acids is 1. The van der Waals surface area contributed by atoms with Gasteiger partial charge in [-0.25, -0.2) is 0 Å². The zero-order valence-electron chi connectivity index (χ0n) is 16.2. The molecule has 0 spiro atoms. The Kier molecular flexibility index (Phi) is 7.93. The lowest BCUT2D eigenvalue weighted by Gasteiger charge is -2.21. The van der Waals surface area contributed by atoms with Crippen molar-refractivity contribution in [3.63, 3.8) is 0 Å². The van der Waals surface area contributed by atoms with E-state index in [1.807, 2.05) is 24.3 Å². The van der Waals surface area contributed by atoms with Gasteiger partial charge in [-0.2, -0.15) is 0 Å². The molecule has 1 aromatic carbocycles. The minimum absolute atomic E-state index is 0.0158. The molecule has 27 heavy (non-hydrogen) atoms. The number of rotatable bonds is 7. The molecule has 2 fully saturated rings. The van der Waals surface area contributed by atoms with Crippen LogP contribution < -0.4 is 15.4 Å². The Morgan fingerprint density at radius 1 is 0.963 bits per heavy atom. The molecule has 2 aliphatic carbocycles. The molecule has 1 aromatic rings. The predicted octanol–water partition coefficient (Wildman–Crippen LogP) is 5.43. The van der Waals surface area contributed by atoms with Gasteiger partial charge in [0.15, 0.2) is 5.11 Å². The molecule has 0 unspecified atom stereocenters. The van der Waals surface area contributed by atoms with Crippen LogP contribution in [0.3, 0.4) is 0 Å². The van der Waals surface area contributed by atoms with Crippen LogP contribution in [0.4, 0.5) is 5.69 Å². The average molecular weight is 389 g/mol. The van der Waals surface area contributed by atoms with Crippen LogP contribution in [0.25, 0.3) is 0 Å². The normalized spacial score (nSPS) is 18.2. The maximum Gasteiger partial charge on any atom is 0.226 e. The first kappa shape index (κ1) is 20.1. The van der Waals surface area contributed by atoms with E-state index in [0.717, 1.165) is 43.2 Å². The third kappa shape index (κ3) is 7.13. The molecule has 3 rings (SSSR count). The lowest BCUT2D eigenvalue weighted by atomic mass is 9.87. The largest absolute Gasteiger partial charge is 0.494 e. The number of hydrogen-bond acceptors (Lipinski definition) is 3. The maximum atomic E-state index is 12.0. The van der Waals surface area contributed by atoms with E-state index in [-0.39, 0.29) is 5.91 Å². The van der Waals surface area contributed by atoms with Crippen molar-refractivity contribution in [3.8, 4) is 5.75 Å². The summed E-state index contributed by atoms with van der Waals surface area (Å²) < 4.78 is 5.88. The topological polar surface area (TPSA) is 50.4 Å². The van der Waals surface area contributed by atoms with Gasteiger partial charge in [0.2, 0.25) is 5.91 Å². The highest BCUT2D eigenvalue weighted by atomic mass is 32.1. The number of ether oxygens (including phenoxy) is 1. The van der Waals surface area contributed by atoms with Crippen molar-refractivity contribution in [1.82, 2.24) is 5.32 Å². The highest BCUT2D eigenvalue weighted by molar-refractivity contribution is 7.80. The van der Waals surface area contributed by atoms with Gasteiger partial charge >= 0.3 is 0 Å². The molecular weight excluding hydrogens is 356 g/mol. The molecule has 0 bridgehead atoms. The Morgan fingerprint density at radius 3 is 2.30 bits per heavy atom. The van der Waals surface area contributed by atoms with Crippen molar-refractivity contribution in [2.45, 2.75) is 70.6 Å². The number of hydrogen-bond donors (Lipinski definition) is 2.